The van der Waals surface area contributed by atoms with Crippen molar-refractivity contribution in [1.29, 1.82) is 0 Å². The summed E-state index contributed by atoms with van der Waals surface area (Å²) < 4.78 is 22.1. The first-order valence-electron chi connectivity index (χ1n) is 9.04. The molecule has 27 heavy (non-hydrogen) atoms. The molecular weight excluding hydrogens is 346 g/mol. The zero-order valence-corrected chi connectivity index (χ0v) is 16.0. The maximum atomic E-state index is 12.7. The van der Waals surface area contributed by atoms with Gasteiger partial charge < -0.3 is 18.9 Å². The number of carbonyl (C=O) groups excluding carboxylic acids is 1. The van der Waals surface area contributed by atoms with Crippen LogP contribution in [0, 0.1) is 0 Å². The van der Waals surface area contributed by atoms with Gasteiger partial charge in [-0.1, -0.05) is 6.07 Å². The number of nitrogens with zero attached hydrogens (tertiary/aromatic N) is 1. The number of hydrogen-bond acceptors (Lipinski definition) is 5. The van der Waals surface area contributed by atoms with Crippen LogP contribution in [0.5, 0.6) is 17.2 Å². The van der Waals surface area contributed by atoms with Crippen molar-refractivity contribution in [2.24, 2.45) is 0 Å². The normalized spacial score (nSPS) is 16.4. The van der Waals surface area contributed by atoms with Gasteiger partial charge in [0.05, 0.1) is 34.0 Å². The van der Waals surface area contributed by atoms with Crippen molar-refractivity contribution in [3.63, 3.8) is 0 Å². The molecule has 142 valence electrons. The molecule has 0 N–H and O–H groups in total. The third kappa shape index (κ3) is 2.51. The summed E-state index contributed by atoms with van der Waals surface area (Å²) in [5.41, 5.74) is 5.30. The van der Waals surface area contributed by atoms with Crippen LogP contribution in [0.15, 0.2) is 24.3 Å². The van der Waals surface area contributed by atoms with Gasteiger partial charge in [0.25, 0.3) is 0 Å². The third-order valence-electron chi connectivity index (χ3n) is 5.33. The fourth-order valence-electron chi connectivity index (χ4n) is 4.22. The summed E-state index contributed by atoms with van der Waals surface area (Å²) in [7, 11) is 4.93. The highest BCUT2D eigenvalue weighted by Gasteiger charge is 2.43. The average molecular weight is 369 g/mol. The van der Waals surface area contributed by atoms with Crippen molar-refractivity contribution in [3.8, 4) is 28.4 Å². The Hall–Kier alpha value is -2.89. The number of amides is 1. The monoisotopic (exact) mass is 369 g/mol. The van der Waals surface area contributed by atoms with Crippen LogP contribution >= 0.6 is 0 Å². The third-order valence-corrected chi connectivity index (χ3v) is 5.33. The Bertz CT molecular complexity index is 908. The van der Waals surface area contributed by atoms with E-state index in [0.717, 1.165) is 34.4 Å². The molecule has 1 heterocycles. The number of methoxy groups -OCH3 is 3. The van der Waals surface area contributed by atoms with Crippen LogP contribution in [0.1, 0.15) is 29.7 Å². The van der Waals surface area contributed by atoms with Gasteiger partial charge in [0, 0.05) is 12.1 Å². The van der Waals surface area contributed by atoms with Gasteiger partial charge >= 0.3 is 6.09 Å². The molecule has 0 saturated carbocycles. The molecule has 1 unspecified atom stereocenters. The minimum absolute atomic E-state index is 0.215. The molecular formula is C21H23NO5. The Morgan fingerprint density at radius 2 is 1.96 bits per heavy atom. The largest absolute Gasteiger partial charge is 0.497 e. The smallest absolute Gasteiger partial charge is 0.410 e. The number of ether oxygens (including phenoxy) is 4. The zero-order chi connectivity index (χ0) is 19.1. The van der Waals surface area contributed by atoms with E-state index in [0.29, 0.717) is 24.7 Å². The molecule has 1 atom stereocenters. The Morgan fingerprint density at radius 3 is 2.63 bits per heavy atom. The maximum Gasteiger partial charge on any atom is 0.410 e. The quantitative estimate of drug-likeness (QED) is 0.821. The molecule has 0 aromatic heterocycles. The van der Waals surface area contributed by atoms with E-state index < -0.39 is 0 Å². The van der Waals surface area contributed by atoms with Crippen molar-refractivity contribution in [2.75, 3.05) is 34.5 Å². The summed E-state index contributed by atoms with van der Waals surface area (Å²) >= 11 is 0. The van der Waals surface area contributed by atoms with Crippen molar-refractivity contribution in [3.05, 3.63) is 41.0 Å². The second-order valence-corrected chi connectivity index (χ2v) is 6.56. The van der Waals surface area contributed by atoms with Crippen LogP contribution in [0.25, 0.3) is 11.1 Å². The summed E-state index contributed by atoms with van der Waals surface area (Å²) in [5, 5.41) is 0. The minimum Gasteiger partial charge on any atom is -0.497 e. The Balaban J connectivity index is 1.99. The van der Waals surface area contributed by atoms with Gasteiger partial charge in [-0.2, -0.15) is 0 Å². The molecule has 6 nitrogen and oxygen atoms in total. The minimum atomic E-state index is -0.301. The van der Waals surface area contributed by atoms with E-state index in [1.807, 2.05) is 31.2 Å². The predicted molar refractivity (Wildman–Crippen MR) is 101 cm³/mol. The van der Waals surface area contributed by atoms with E-state index in [2.05, 4.69) is 0 Å². The molecule has 0 radical (unpaired) electrons. The highest BCUT2D eigenvalue weighted by Crippen LogP contribution is 2.56. The number of carbonyl (C=O) groups is 1. The zero-order valence-electron chi connectivity index (χ0n) is 16.0. The molecule has 1 aliphatic carbocycles. The van der Waals surface area contributed by atoms with E-state index in [1.165, 1.54) is 5.56 Å². The molecule has 1 amide bonds. The molecule has 0 fully saturated rings. The molecule has 0 saturated heterocycles. The Morgan fingerprint density at radius 1 is 1.15 bits per heavy atom. The highest BCUT2D eigenvalue weighted by molar-refractivity contribution is 5.89. The fraction of sp³-hybridized carbons (Fsp3) is 0.381. The summed E-state index contributed by atoms with van der Waals surface area (Å²) in [6, 6.07) is 7.75. The van der Waals surface area contributed by atoms with Crippen LogP contribution in [0.4, 0.5) is 4.79 Å². The van der Waals surface area contributed by atoms with Crippen molar-refractivity contribution in [1.82, 2.24) is 4.90 Å². The summed E-state index contributed by atoms with van der Waals surface area (Å²) in [5.74, 6) is 2.15. The van der Waals surface area contributed by atoms with Gasteiger partial charge in [-0.15, -0.1) is 0 Å². The van der Waals surface area contributed by atoms with E-state index in [1.54, 1.807) is 26.2 Å². The predicted octanol–water partition coefficient (Wildman–Crippen LogP) is 3.80. The van der Waals surface area contributed by atoms with Gasteiger partial charge in [-0.25, -0.2) is 4.79 Å². The van der Waals surface area contributed by atoms with Crippen LogP contribution in [-0.2, 0) is 11.2 Å². The summed E-state index contributed by atoms with van der Waals surface area (Å²) in [4.78, 5) is 14.5. The first kappa shape index (κ1) is 17.5. The van der Waals surface area contributed by atoms with E-state index >= 15 is 0 Å². The second kappa shape index (κ2) is 6.68. The number of rotatable bonds is 4. The van der Waals surface area contributed by atoms with E-state index in [4.69, 9.17) is 18.9 Å². The van der Waals surface area contributed by atoms with Crippen molar-refractivity contribution >= 4 is 6.09 Å². The Labute approximate surface area is 158 Å². The molecule has 2 aliphatic rings. The number of benzene rings is 2. The van der Waals surface area contributed by atoms with Crippen LogP contribution in [0.3, 0.4) is 0 Å². The topological polar surface area (TPSA) is 57.2 Å². The number of hydrogen-bond donors (Lipinski definition) is 0. The van der Waals surface area contributed by atoms with Crippen LogP contribution in [0.2, 0.25) is 0 Å². The lowest BCUT2D eigenvalue weighted by molar-refractivity contribution is 0.0944. The maximum absolute atomic E-state index is 12.7. The second-order valence-electron chi connectivity index (χ2n) is 6.56. The highest BCUT2D eigenvalue weighted by atomic mass is 16.6. The van der Waals surface area contributed by atoms with E-state index in [-0.39, 0.29) is 12.1 Å². The lowest BCUT2D eigenvalue weighted by Gasteiger charge is -2.35. The first-order valence-corrected chi connectivity index (χ1v) is 9.04. The fourth-order valence-corrected chi connectivity index (χ4v) is 4.22. The molecule has 2 aromatic rings. The van der Waals surface area contributed by atoms with Gasteiger partial charge in [-0.05, 0) is 53.8 Å². The first-order chi connectivity index (χ1) is 13.1. The SMILES string of the molecule is CCOC(=O)N1CCc2cc(OC)c(OC)c3c2C1c1cc(OC)ccc1-3. The van der Waals surface area contributed by atoms with Crippen LogP contribution in [-0.4, -0.2) is 45.5 Å². The summed E-state index contributed by atoms with van der Waals surface area (Å²) in [6.07, 6.45) is 0.438. The molecule has 0 spiro atoms. The number of fused-ring (bicyclic) bond motifs is 3. The molecule has 4 rings (SSSR count). The van der Waals surface area contributed by atoms with E-state index in [9.17, 15) is 4.79 Å². The van der Waals surface area contributed by atoms with Gasteiger partial charge in [0.15, 0.2) is 11.5 Å². The molecule has 6 heteroatoms. The van der Waals surface area contributed by atoms with Crippen LogP contribution < -0.4 is 14.2 Å². The van der Waals surface area contributed by atoms with Gasteiger partial charge in [-0.3, -0.25) is 4.90 Å². The standard InChI is InChI=1S/C21H23NO5/c1-5-27-21(23)22-9-8-12-10-16(25-3)20(26-4)18-14-7-6-13(24-2)11-15(14)19(22)17(12)18/h6-7,10-11,19H,5,8-9H2,1-4H3. The summed E-state index contributed by atoms with van der Waals surface area (Å²) in [6.45, 7) is 2.75. The molecule has 1 aliphatic heterocycles. The van der Waals surface area contributed by atoms with Gasteiger partial charge in [0.2, 0.25) is 0 Å². The van der Waals surface area contributed by atoms with Crippen molar-refractivity contribution < 1.29 is 23.7 Å². The lowest BCUT2D eigenvalue weighted by Crippen LogP contribution is -2.40. The van der Waals surface area contributed by atoms with Gasteiger partial charge in [0.1, 0.15) is 5.75 Å². The average Bonchev–Trinajstić information content (AvgIpc) is 3.03. The molecule has 0 bridgehead atoms. The lowest BCUT2D eigenvalue weighted by atomic mass is 9.91. The van der Waals surface area contributed by atoms with Crippen molar-refractivity contribution in [2.45, 2.75) is 19.4 Å². The molecule has 2 aromatic carbocycles. The Kier molecular flexibility index (Phi) is 4.34.